The van der Waals surface area contributed by atoms with Crippen LogP contribution in [-0.4, -0.2) is 0 Å². The van der Waals surface area contributed by atoms with Gasteiger partial charge in [-0.25, -0.2) is 0 Å². The summed E-state index contributed by atoms with van der Waals surface area (Å²) in [6, 6.07) is 0. The highest BCUT2D eigenvalue weighted by Gasteiger charge is 2.52. The maximum atomic E-state index is 2.52. The lowest BCUT2D eigenvalue weighted by Crippen LogP contribution is -2.49. The Bertz CT molecular complexity index is 304. The van der Waals surface area contributed by atoms with E-state index >= 15 is 0 Å². The normalized spacial score (nSPS) is 38.0. The molecule has 0 heteroatoms. The Labute approximate surface area is 94.5 Å². The summed E-state index contributed by atoms with van der Waals surface area (Å²) in [5, 5.41) is 0. The van der Waals surface area contributed by atoms with Gasteiger partial charge in [0.05, 0.1) is 0 Å². The molecule has 15 heavy (non-hydrogen) atoms. The largest absolute Gasteiger partial charge is 0.0859 e. The number of hydrogen-bond acceptors (Lipinski definition) is 0. The van der Waals surface area contributed by atoms with Crippen molar-refractivity contribution in [3.8, 4) is 0 Å². The van der Waals surface area contributed by atoms with Gasteiger partial charge in [0.1, 0.15) is 0 Å². The SMILES string of the molecule is CC(C)=CCC[C@@]1(C)[C@H]2CC=C(C)[C@@H]1C2. The second-order valence-corrected chi connectivity index (χ2v) is 6.00. The van der Waals surface area contributed by atoms with Crippen molar-refractivity contribution in [3.05, 3.63) is 23.3 Å². The maximum absolute atomic E-state index is 2.52. The van der Waals surface area contributed by atoms with Crippen LogP contribution in [0.1, 0.15) is 53.4 Å². The van der Waals surface area contributed by atoms with Crippen molar-refractivity contribution in [1.82, 2.24) is 0 Å². The molecule has 3 aliphatic rings. The molecular weight excluding hydrogens is 180 g/mol. The molecule has 0 heterocycles. The molecule has 3 atom stereocenters. The Balaban J connectivity index is 1.98. The highest BCUT2D eigenvalue weighted by molar-refractivity contribution is 5.22. The number of fused-ring (bicyclic) bond motifs is 1. The molecule has 3 aliphatic carbocycles. The molecule has 0 aromatic carbocycles. The Hall–Kier alpha value is -0.520. The van der Waals surface area contributed by atoms with E-state index in [0.29, 0.717) is 5.41 Å². The first-order valence-corrected chi connectivity index (χ1v) is 6.34. The number of allylic oxidation sites excluding steroid dienone is 4. The van der Waals surface area contributed by atoms with Crippen LogP contribution in [0.2, 0.25) is 0 Å². The molecule has 0 radical (unpaired) electrons. The molecule has 0 aromatic rings. The molecule has 0 aromatic heterocycles. The van der Waals surface area contributed by atoms with Gasteiger partial charge < -0.3 is 0 Å². The van der Waals surface area contributed by atoms with E-state index in [4.69, 9.17) is 0 Å². The van der Waals surface area contributed by atoms with Crippen molar-refractivity contribution in [2.24, 2.45) is 17.3 Å². The van der Waals surface area contributed by atoms with Gasteiger partial charge in [0.25, 0.3) is 0 Å². The Morgan fingerprint density at radius 1 is 1.53 bits per heavy atom. The zero-order chi connectivity index (χ0) is 11.1. The summed E-state index contributed by atoms with van der Waals surface area (Å²) in [7, 11) is 0. The van der Waals surface area contributed by atoms with Crippen molar-refractivity contribution in [2.45, 2.75) is 53.4 Å². The molecule has 3 rings (SSSR count). The summed E-state index contributed by atoms with van der Waals surface area (Å²) in [4.78, 5) is 0. The van der Waals surface area contributed by atoms with Crippen LogP contribution in [0.5, 0.6) is 0 Å². The van der Waals surface area contributed by atoms with Crippen LogP contribution in [0.4, 0.5) is 0 Å². The molecule has 1 saturated carbocycles. The molecule has 0 aliphatic heterocycles. The van der Waals surface area contributed by atoms with Gasteiger partial charge in [-0.15, -0.1) is 0 Å². The second kappa shape index (κ2) is 3.81. The van der Waals surface area contributed by atoms with Crippen LogP contribution >= 0.6 is 0 Å². The van der Waals surface area contributed by atoms with Crippen LogP contribution in [0.3, 0.4) is 0 Å². The molecule has 0 N–H and O–H groups in total. The summed E-state index contributed by atoms with van der Waals surface area (Å²) in [6.07, 6.45) is 10.3. The Morgan fingerprint density at radius 3 is 2.80 bits per heavy atom. The number of hydrogen-bond donors (Lipinski definition) is 0. The third-order valence-electron chi connectivity index (χ3n) is 4.76. The van der Waals surface area contributed by atoms with Crippen LogP contribution in [0.15, 0.2) is 23.3 Å². The molecule has 0 saturated heterocycles. The van der Waals surface area contributed by atoms with Gasteiger partial charge in [0, 0.05) is 0 Å². The fourth-order valence-electron chi connectivity index (χ4n) is 3.54. The molecular formula is C15H24. The van der Waals surface area contributed by atoms with Gasteiger partial charge in [-0.05, 0) is 63.7 Å². The average molecular weight is 204 g/mol. The molecule has 84 valence electrons. The monoisotopic (exact) mass is 204 g/mol. The van der Waals surface area contributed by atoms with Crippen LogP contribution in [0, 0.1) is 17.3 Å². The maximum Gasteiger partial charge on any atom is -0.0146 e. The quantitative estimate of drug-likeness (QED) is 0.583. The average Bonchev–Trinajstić information content (AvgIpc) is 2.16. The van der Waals surface area contributed by atoms with Gasteiger partial charge in [-0.2, -0.15) is 0 Å². The minimum absolute atomic E-state index is 0.630. The van der Waals surface area contributed by atoms with Gasteiger partial charge >= 0.3 is 0 Å². The highest BCUT2D eigenvalue weighted by Crippen LogP contribution is 2.61. The topological polar surface area (TPSA) is 0 Å². The first-order chi connectivity index (χ1) is 7.04. The van der Waals surface area contributed by atoms with Crippen molar-refractivity contribution >= 4 is 0 Å². The smallest absolute Gasteiger partial charge is 0.0146 e. The minimum atomic E-state index is 0.630. The molecule has 0 unspecified atom stereocenters. The van der Waals surface area contributed by atoms with Crippen molar-refractivity contribution in [2.75, 3.05) is 0 Å². The third-order valence-corrected chi connectivity index (χ3v) is 4.76. The van der Waals surface area contributed by atoms with Crippen molar-refractivity contribution < 1.29 is 0 Å². The van der Waals surface area contributed by atoms with E-state index in [9.17, 15) is 0 Å². The fourth-order valence-corrected chi connectivity index (χ4v) is 3.54. The van der Waals surface area contributed by atoms with E-state index in [2.05, 4.69) is 39.8 Å². The van der Waals surface area contributed by atoms with Gasteiger partial charge in [0.15, 0.2) is 0 Å². The van der Waals surface area contributed by atoms with E-state index in [-0.39, 0.29) is 0 Å². The summed E-state index contributed by atoms with van der Waals surface area (Å²) < 4.78 is 0. The van der Waals surface area contributed by atoms with Crippen LogP contribution in [-0.2, 0) is 0 Å². The zero-order valence-corrected chi connectivity index (χ0v) is 10.6. The van der Waals surface area contributed by atoms with E-state index in [1.807, 2.05) is 0 Å². The van der Waals surface area contributed by atoms with E-state index in [0.717, 1.165) is 11.8 Å². The summed E-state index contributed by atoms with van der Waals surface area (Å²) in [5.41, 5.74) is 3.76. The molecule has 0 spiro atoms. The Kier molecular flexibility index (Phi) is 2.79. The van der Waals surface area contributed by atoms with Gasteiger partial charge in [-0.1, -0.05) is 30.2 Å². The molecule has 0 amide bonds. The zero-order valence-electron chi connectivity index (χ0n) is 10.6. The standard InChI is InChI=1S/C15H24/c1-11(2)6-5-9-15(4)13-8-7-12(3)14(15)10-13/h6-7,13-14H,5,8-10H2,1-4H3/t13-,14-,15-/m0/s1. The predicted octanol–water partition coefficient (Wildman–Crippen LogP) is 4.73. The van der Waals surface area contributed by atoms with Crippen LogP contribution in [0.25, 0.3) is 0 Å². The molecule has 2 bridgehead atoms. The highest BCUT2D eigenvalue weighted by atomic mass is 14.6. The first-order valence-electron chi connectivity index (χ1n) is 6.34. The van der Waals surface area contributed by atoms with Gasteiger partial charge in [-0.3, -0.25) is 0 Å². The Morgan fingerprint density at radius 2 is 2.27 bits per heavy atom. The minimum Gasteiger partial charge on any atom is -0.0859 e. The lowest BCUT2D eigenvalue weighted by atomic mass is 9.47. The molecule has 1 fully saturated rings. The third kappa shape index (κ3) is 1.79. The van der Waals surface area contributed by atoms with Crippen molar-refractivity contribution in [3.63, 3.8) is 0 Å². The molecule has 0 nitrogen and oxygen atoms in total. The number of rotatable bonds is 3. The second-order valence-electron chi connectivity index (χ2n) is 6.00. The predicted molar refractivity (Wildman–Crippen MR) is 66.7 cm³/mol. The fraction of sp³-hybridized carbons (Fsp3) is 0.733. The summed E-state index contributed by atoms with van der Waals surface area (Å²) >= 11 is 0. The van der Waals surface area contributed by atoms with E-state index in [1.165, 1.54) is 31.3 Å². The lowest BCUT2D eigenvalue weighted by Gasteiger charge is -2.58. The van der Waals surface area contributed by atoms with Crippen LogP contribution < -0.4 is 0 Å². The van der Waals surface area contributed by atoms with E-state index < -0.39 is 0 Å². The summed E-state index contributed by atoms with van der Waals surface area (Å²) in [6.45, 7) is 9.25. The summed E-state index contributed by atoms with van der Waals surface area (Å²) in [5.74, 6) is 1.89. The lowest BCUT2D eigenvalue weighted by molar-refractivity contribution is -0.0312. The van der Waals surface area contributed by atoms with Gasteiger partial charge in [0.2, 0.25) is 0 Å². The van der Waals surface area contributed by atoms with E-state index in [1.54, 1.807) is 5.57 Å². The van der Waals surface area contributed by atoms with Crippen molar-refractivity contribution in [1.29, 1.82) is 0 Å². The first kappa shape index (κ1) is 11.0.